The van der Waals surface area contributed by atoms with E-state index in [1.165, 1.54) is 0 Å². The molecular weight excluding hydrogens is 328 g/mol. The Kier molecular flexibility index (Phi) is 6.39. The molecule has 0 fully saturated rings. The fourth-order valence-electron chi connectivity index (χ4n) is 2.31. The summed E-state index contributed by atoms with van der Waals surface area (Å²) in [7, 11) is 1.70. The average Bonchev–Trinajstić information content (AvgIpc) is 2.68. The van der Waals surface area contributed by atoms with Gasteiger partial charge >= 0.3 is 0 Å². The van der Waals surface area contributed by atoms with E-state index in [0.29, 0.717) is 5.95 Å². The number of methoxy groups -OCH3 is 1. The molecule has 0 saturated heterocycles. The number of aromatic nitrogens is 2. The van der Waals surface area contributed by atoms with Crippen molar-refractivity contribution in [2.45, 2.75) is 6.42 Å². The van der Waals surface area contributed by atoms with Gasteiger partial charge in [-0.15, -0.1) is 0 Å². The van der Waals surface area contributed by atoms with Crippen LogP contribution in [0.15, 0.2) is 66.9 Å². The predicted octanol–water partition coefficient (Wildman–Crippen LogP) is 4.46. The Balaban J connectivity index is 1.57. The van der Waals surface area contributed by atoms with Crippen molar-refractivity contribution in [3.8, 4) is 11.5 Å². The molecule has 2 aromatic carbocycles. The molecule has 2 N–H and O–H groups in total. The first-order valence-electron chi connectivity index (χ1n) is 8.49. The smallest absolute Gasteiger partial charge is 0.229 e. The fourth-order valence-corrected chi connectivity index (χ4v) is 2.31. The van der Waals surface area contributed by atoms with Crippen LogP contribution in [0, 0.1) is 0 Å². The van der Waals surface area contributed by atoms with Gasteiger partial charge in [0.05, 0.1) is 0 Å². The maximum Gasteiger partial charge on any atom is 0.229 e. The Labute approximate surface area is 153 Å². The lowest BCUT2D eigenvalue weighted by molar-refractivity contribution is 0.198. The largest absolute Gasteiger partial charge is 0.457 e. The molecule has 134 valence electrons. The third-order valence-corrected chi connectivity index (χ3v) is 3.58. The monoisotopic (exact) mass is 350 g/mol. The minimum Gasteiger partial charge on any atom is -0.457 e. The first kappa shape index (κ1) is 17.7. The van der Waals surface area contributed by atoms with Crippen LogP contribution in [0.1, 0.15) is 6.42 Å². The summed E-state index contributed by atoms with van der Waals surface area (Å²) in [5.41, 5.74) is 0.891. The van der Waals surface area contributed by atoms with Crippen LogP contribution in [0.25, 0.3) is 0 Å². The van der Waals surface area contributed by atoms with Crippen LogP contribution in [0.2, 0.25) is 0 Å². The second-order valence-corrected chi connectivity index (χ2v) is 5.60. The van der Waals surface area contributed by atoms with Crippen LogP contribution in [0.5, 0.6) is 11.5 Å². The number of nitrogens with one attached hydrogen (secondary N) is 2. The van der Waals surface area contributed by atoms with Gasteiger partial charge in [0.15, 0.2) is 0 Å². The minimum absolute atomic E-state index is 0.540. The maximum absolute atomic E-state index is 5.79. The zero-order valence-corrected chi connectivity index (χ0v) is 14.7. The van der Waals surface area contributed by atoms with Crippen LogP contribution in [-0.2, 0) is 4.74 Å². The Bertz CT molecular complexity index is 794. The molecule has 1 heterocycles. The van der Waals surface area contributed by atoms with Crippen molar-refractivity contribution >= 4 is 17.5 Å². The Morgan fingerprint density at radius 3 is 2.46 bits per heavy atom. The molecule has 3 rings (SSSR count). The summed E-state index contributed by atoms with van der Waals surface area (Å²) in [6.45, 7) is 1.52. The van der Waals surface area contributed by atoms with Crippen LogP contribution < -0.4 is 15.4 Å². The van der Waals surface area contributed by atoms with Crippen LogP contribution in [-0.4, -0.2) is 30.2 Å². The number of para-hydroxylation sites is 1. The van der Waals surface area contributed by atoms with Crippen molar-refractivity contribution in [3.05, 3.63) is 66.9 Å². The number of nitrogens with zero attached hydrogens (tertiary/aromatic N) is 2. The highest BCUT2D eigenvalue weighted by Gasteiger charge is 2.02. The van der Waals surface area contributed by atoms with Crippen molar-refractivity contribution < 1.29 is 9.47 Å². The van der Waals surface area contributed by atoms with Gasteiger partial charge in [0.1, 0.15) is 17.3 Å². The van der Waals surface area contributed by atoms with E-state index in [1.807, 2.05) is 60.7 Å². The van der Waals surface area contributed by atoms with Crippen LogP contribution in [0.4, 0.5) is 17.5 Å². The molecular formula is C20H22N4O2. The van der Waals surface area contributed by atoms with E-state index in [0.717, 1.165) is 42.6 Å². The molecule has 0 aliphatic rings. The van der Waals surface area contributed by atoms with Crippen LogP contribution >= 0.6 is 0 Å². The average molecular weight is 350 g/mol. The van der Waals surface area contributed by atoms with E-state index in [4.69, 9.17) is 9.47 Å². The van der Waals surface area contributed by atoms with E-state index in [1.54, 1.807) is 13.3 Å². The number of ether oxygens (including phenoxy) is 2. The first-order chi connectivity index (χ1) is 12.8. The van der Waals surface area contributed by atoms with Gasteiger partial charge in [0.2, 0.25) is 5.95 Å². The van der Waals surface area contributed by atoms with Gasteiger partial charge in [-0.25, -0.2) is 4.98 Å². The van der Waals surface area contributed by atoms with Gasteiger partial charge in [0, 0.05) is 32.1 Å². The van der Waals surface area contributed by atoms with Crippen molar-refractivity contribution in [1.82, 2.24) is 9.97 Å². The summed E-state index contributed by atoms with van der Waals surface area (Å²) in [5.74, 6) is 2.90. The van der Waals surface area contributed by atoms with E-state index < -0.39 is 0 Å². The van der Waals surface area contributed by atoms with Crippen molar-refractivity contribution in [1.29, 1.82) is 0 Å². The van der Waals surface area contributed by atoms with Crippen molar-refractivity contribution in [2.75, 3.05) is 30.9 Å². The quantitative estimate of drug-likeness (QED) is 0.555. The van der Waals surface area contributed by atoms with Gasteiger partial charge in [-0.05, 0) is 48.9 Å². The topological polar surface area (TPSA) is 68.3 Å². The van der Waals surface area contributed by atoms with Crippen LogP contribution in [0.3, 0.4) is 0 Å². The minimum atomic E-state index is 0.540. The van der Waals surface area contributed by atoms with E-state index in [-0.39, 0.29) is 0 Å². The summed E-state index contributed by atoms with van der Waals surface area (Å²) in [6, 6.07) is 19.2. The molecule has 1 aromatic heterocycles. The summed E-state index contributed by atoms with van der Waals surface area (Å²) >= 11 is 0. The van der Waals surface area contributed by atoms with Gasteiger partial charge < -0.3 is 20.1 Å². The molecule has 0 aliphatic heterocycles. The third kappa shape index (κ3) is 5.46. The highest BCUT2D eigenvalue weighted by atomic mass is 16.5. The summed E-state index contributed by atoms with van der Waals surface area (Å²) < 4.78 is 10.8. The Morgan fingerprint density at radius 2 is 1.69 bits per heavy atom. The molecule has 0 saturated carbocycles. The molecule has 0 spiro atoms. The number of rotatable bonds is 9. The number of benzene rings is 2. The number of hydrogen-bond donors (Lipinski definition) is 2. The third-order valence-electron chi connectivity index (χ3n) is 3.58. The lowest BCUT2D eigenvalue weighted by Crippen LogP contribution is -2.07. The van der Waals surface area contributed by atoms with Crippen molar-refractivity contribution in [2.24, 2.45) is 0 Å². The molecule has 26 heavy (non-hydrogen) atoms. The predicted molar refractivity (Wildman–Crippen MR) is 103 cm³/mol. The number of hydrogen-bond acceptors (Lipinski definition) is 6. The van der Waals surface area contributed by atoms with Crippen molar-refractivity contribution in [3.63, 3.8) is 0 Å². The molecule has 6 heteroatoms. The molecule has 0 aliphatic carbocycles. The first-order valence-corrected chi connectivity index (χ1v) is 8.49. The molecule has 0 bridgehead atoms. The number of anilines is 3. The molecule has 0 unspecified atom stereocenters. The Morgan fingerprint density at radius 1 is 0.923 bits per heavy atom. The zero-order valence-electron chi connectivity index (χ0n) is 14.7. The summed E-state index contributed by atoms with van der Waals surface area (Å²) in [6.07, 6.45) is 2.65. The summed E-state index contributed by atoms with van der Waals surface area (Å²) in [5, 5.41) is 6.45. The van der Waals surface area contributed by atoms with E-state index in [2.05, 4.69) is 20.6 Å². The normalized spacial score (nSPS) is 10.3. The maximum atomic E-state index is 5.79. The molecule has 3 aromatic rings. The van der Waals surface area contributed by atoms with E-state index >= 15 is 0 Å². The second kappa shape index (κ2) is 9.39. The highest BCUT2D eigenvalue weighted by Crippen LogP contribution is 2.23. The standard InChI is InChI=1S/C20H22N4O2/c1-25-15-5-13-21-19-12-14-22-20(24-19)23-16-8-10-18(11-9-16)26-17-6-3-2-4-7-17/h2-4,6-12,14H,5,13,15H2,1H3,(H2,21,22,23,24). The fraction of sp³-hybridized carbons (Fsp3) is 0.200. The molecule has 0 atom stereocenters. The zero-order chi connectivity index (χ0) is 18.0. The summed E-state index contributed by atoms with van der Waals surface area (Å²) in [4.78, 5) is 8.70. The molecule has 0 amide bonds. The highest BCUT2D eigenvalue weighted by molar-refractivity contribution is 5.56. The molecule has 0 radical (unpaired) electrons. The SMILES string of the molecule is COCCCNc1ccnc(Nc2ccc(Oc3ccccc3)cc2)n1. The lowest BCUT2D eigenvalue weighted by atomic mass is 10.3. The van der Waals surface area contributed by atoms with Gasteiger partial charge in [-0.2, -0.15) is 4.98 Å². The second-order valence-electron chi connectivity index (χ2n) is 5.60. The van der Waals surface area contributed by atoms with E-state index in [9.17, 15) is 0 Å². The van der Waals surface area contributed by atoms with Gasteiger partial charge in [-0.1, -0.05) is 18.2 Å². The van der Waals surface area contributed by atoms with Gasteiger partial charge in [0.25, 0.3) is 0 Å². The molecule has 6 nitrogen and oxygen atoms in total. The van der Waals surface area contributed by atoms with Gasteiger partial charge in [-0.3, -0.25) is 0 Å². The lowest BCUT2D eigenvalue weighted by Gasteiger charge is -2.09. The Hall–Kier alpha value is -3.12.